The third kappa shape index (κ3) is 2.59. The molecule has 0 spiro atoms. The SMILES string of the molecule is CC(C)c1cccn2nc(C3c4nc[nH]c4CCN3c3nnc(C4(C)CC4)o3)cc12. The third-order valence-electron chi connectivity index (χ3n) is 6.56. The fourth-order valence-corrected chi connectivity index (χ4v) is 4.44. The van der Waals surface area contributed by atoms with Gasteiger partial charge >= 0.3 is 6.01 Å². The first kappa shape index (κ1) is 17.7. The number of rotatable bonds is 4. The van der Waals surface area contributed by atoms with Crippen LogP contribution in [0.25, 0.3) is 5.52 Å². The molecule has 0 radical (unpaired) electrons. The Morgan fingerprint density at radius 1 is 1.27 bits per heavy atom. The van der Waals surface area contributed by atoms with E-state index >= 15 is 0 Å². The van der Waals surface area contributed by atoms with Crippen LogP contribution in [0.4, 0.5) is 6.01 Å². The Morgan fingerprint density at radius 2 is 2.13 bits per heavy atom. The second kappa shape index (κ2) is 6.17. The van der Waals surface area contributed by atoms with Gasteiger partial charge in [-0.1, -0.05) is 31.9 Å². The van der Waals surface area contributed by atoms with E-state index in [9.17, 15) is 0 Å². The van der Waals surface area contributed by atoms with Gasteiger partial charge < -0.3 is 14.3 Å². The van der Waals surface area contributed by atoms with E-state index in [4.69, 9.17) is 9.52 Å². The molecule has 8 nitrogen and oxygen atoms in total. The molecular formula is C22H25N7O. The monoisotopic (exact) mass is 403 g/mol. The number of H-pyrrole nitrogens is 1. The summed E-state index contributed by atoms with van der Waals surface area (Å²) >= 11 is 0. The van der Waals surface area contributed by atoms with Gasteiger partial charge in [-0.15, -0.1) is 5.10 Å². The lowest BCUT2D eigenvalue weighted by atomic mass is 9.99. The summed E-state index contributed by atoms with van der Waals surface area (Å²) in [6, 6.07) is 6.79. The van der Waals surface area contributed by atoms with Crippen LogP contribution in [0.1, 0.15) is 74.1 Å². The van der Waals surface area contributed by atoms with Crippen molar-refractivity contribution in [3.63, 3.8) is 0 Å². The maximum absolute atomic E-state index is 6.16. The molecule has 0 aromatic carbocycles. The highest BCUT2D eigenvalue weighted by Crippen LogP contribution is 2.48. The fourth-order valence-electron chi connectivity index (χ4n) is 4.44. The fraction of sp³-hybridized carbons (Fsp3) is 0.455. The Balaban J connectivity index is 1.48. The Kier molecular flexibility index (Phi) is 3.63. The number of nitrogens with one attached hydrogen (secondary N) is 1. The molecule has 1 unspecified atom stereocenters. The molecular weight excluding hydrogens is 378 g/mol. The van der Waals surface area contributed by atoms with Crippen molar-refractivity contribution in [2.45, 2.75) is 57.4 Å². The van der Waals surface area contributed by atoms with Gasteiger partial charge in [0, 0.05) is 30.3 Å². The molecule has 0 amide bonds. The van der Waals surface area contributed by atoms with Crippen LogP contribution in [0.15, 0.2) is 35.1 Å². The maximum atomic E-state index is 6.16. The van der Waals surface area contributed by atoms with Crippen LogP contribution < -0.4 is 4.90 Å². The standard InChI is InChI=1S/C22H25N7O/c1-13(2)14-5-4-9-29-17(14)11-16(27-29)19-18-15(23-12-24-18)6-10-28(19)21-26-25-20(30-21)22(3)7-8-22/h4-5,9,11-13,19H,6-8,10H2,1-3H3,(H,23,24). The zero-order valence-electron chi connectivity index (χ0n) is 17.5. The molecule has 5 heterocycles. The largest absolute Gasteiger partial charge is 0.407 e. The lowest BCUT2D eigenvalue weighted by molar-refractivity contribution is 0.431. The highest BCUT2D eigenvalue weighted by molar-refractivity contribution is 5.58. The average molecular weight is 403 g/mol. The second-order valence-electron chi connectivity index (χ2n) is 9.08. The molecule has 6 rings (SSSR count). The number of aromatic nitrogens is 6. The molecule has 154 valence electrons. The molecule has 1 N–H and O–H groups in total. The van der Waals surface area contributed by atoms with Gasteiger partial charge in [0.1, 0.15) is 6.04 Å². The van der Waals surface area contributed by atoms with E-state index in [1.54, 1.807) is 6.33 Å². The predicted octanol–water partition coefficient (Wildman–Crippen LogP) is 3.77. The van der Waals surface area contributed by atoms with E-state index in [0.29, 0.717) is 11.9 Å². The average Bonchev–Trinajstić information content (AvgIpc) is 3.20. The first-order chi connectivity index (χ1) is 14.5. The van der Waals surface area contributed by atoms with Gasteiger partial charge in [-0.25, -0.2) is 9.50 Å². The Morgan fingerprint density at radius 3 is 2.93 bits per heavy atom. The zero-order chi connectivity index (χ0) is 20.5. The van der Waals surface area contributed by atoms with Gasteiger partial charge in [0.05, 0.1) is 23.2 Å². The number of pyridine rings is 1. The summed E-state index contributed by atoms with van der Waals surface area (Å²) in [6.07, 6.45) is 6.83. The Hall–Kier alpha value is -3.16. The Bertz CT molecular complexity index is 1230. The molecule has 0 saturated heterocycles. The zero-order valence-corrected chi connectivity index (χ0v) is 17.5. The van der Waals surface area contributed by atoms with Crippen LogP contribution in [-0.2, 0) is 11.8 Å². The minimum absolute atomic E-state index is 0.0449. The molecule has 1 saturated carbocycles. The number of hydrogen-bond donors (Lipinski definition) is 1. The van der Waals surface area contributed by atoms with Crippen molar-refractivity contribution in [2.75, 3.05) is 11.4 Å². The van der Waals surface area contributed by atoms with Crippen molar-refractivity contribution in [1.82, 2.24) is 29.8 Å². The molecule has 4 aromatic rings. The molecule has 30 heavy (non-hydrogen) atoms. The van der Waals surface area contributed by atoms with Crippen LogP contribution in [0, 0.1) is 0 Å². The van der Waals surface area contributed by atoms with E-state index in [2.05, 4.69) is 64.0 Å². The summed E-state index contributed by atoms with van der Waals surface area (Å²) in [4.78, 5) is 10.1. The summed E-state index contributed by atoms with van der Waals surface area (Å²) < 4.78 is 8.13. The van der Waals surface area contributed by atoms with Crippen LogP contribution >= 0.6 is 0 Å². The number of fused-ring (bicyclic) bond motifs is 2. The van der Waals surface area contributed by atoms with Crippen molar-refractivity contribution in [3.05, 3.63) is 59.3 Å². The summed E-state index contributed by atoms with van der Waals surface area (Å²) in [5.41, 5.74) is 5.51. The molecule has 2 aliphatic rings. The highest BCUT2D eigenvalue weighted by Gasteiger charge is 2.45. The lowest BCUT2D eigenvalue weighted by Gasteiger charge is -2.32. The van der Waals surface area contributed by atoms with Gasteiger partial charge in [0.15, 0.2) is 0 Å². The van der Waals surface area contributed by atoms with Crippen LogP contribution in [-0.4, -0.2) is 36.3 Å². The topological polar surface area (TPSA) is 88.1 Å². The smallest absolute Gasteiger partial charge is 0.319 e. The number of aromatic amines is 1. The van der Waals surface area contributed by atoms with Gasteiger partial charge in [-0.3, -0.25) is 0 Å². The number of imidazole rings is 1. The molecule has 8 heteroatoms. The molecule has 1 aliphatic carbocycles. The molecule has 1 fully saturated rings. The van der Waals surface area contributed by atoms with E-state index in [1.165, 1.54) is 5.56 Å². The first-order valence-electron chi connectivity index (χ1n) is 10.6. The van der Waals surface area contributed by atoms with Crippen molar-refractivity contribution in [2.24, 2.45) is 0 Å². The van der Waals surface area contributed by atoms with E-state index < -0.39 is 0 Å². The predicted molar refractivity (Wildman–Crippen MR) is 112 cm³/mol. The minimum atomic E-state index is -0.166. The molecule has 1 aliphatic heterocycles. The number of hydrogen-bond acceptors (Lipinski definition) is 6. The minimum Gasteiger partial charge on any atom is -0.407 e. The first-order valence-corrected chi connectivity index (χ1v) is 10.6. The second-order valence-corrected chi connectivity index (χ2v) is 9.08. The molecule has 4 aromatic heterocycles. The maximum Gasteiger partial charge on any atom is 0.319 e. The van der Waals surface area contributed by atoms with E-state index in [0.717, 1.165) is 54.3 Å². The summed E-state index contributed by atoms with van der Waals surface area (Å²) in [5.74, 6) is 1.15. The molecule has 1 atom stereocenters. The summed E-state index contributed by atoms with van der Waals surface area (Å²) in [5, 5.41) is 13.7. The quantitative estimate of drug-likeness (QED) is 0.558. The van der Waals surface area contributed by atoms with Gasteiger partial charge in [-0.05, 0) is 36.5 Å². The number of nitrogens with zero attached hydrogens (tertiary/aromatic N) is 6. The third-order valence-corrected chi connectivity index (χ3v) is 6.56. The normalized spacial score (nSPS) is 20.1. The van der Waals surface area contributed by atoms with E-state index in [-0.39, 0.29) is 11.5 Å². The van der Waals surface area contributed by atoms with Crippen molar-refractivity contribution in [1.29, 1.82) is 0 Å². The van der Waals surface area contributed by atoms with Crippen molar-refractivity contribution >= 4 is 11.5 Å². The number of anilines is 1. The van der Waals surface area contributed by atoms with Crippen LogP contribution in [0.5, 0.6) is 0 Å². The Labute approximate surface area is 174 Å². The van der Waals surface area contributed by atoms with Gasteiger partial charge in [0.2, 0.25) is 5.89 Å². The van der Waals surface area contributed by atoms with Crippen LogP contribution in [0.3, 0.4) is 0 Å². The molecule has 0 bridgehead atoms. The summed E-state index contributed by atoms with van der Waals surface area (Å²) in [7, 11) is 0. The van der Waals surface area contributed by atoms with Crippen molar-refractivity contribution < 1.29 is 4.42 Å². The van der Waals surface area contributed by atoms with E-state index in [1.807, 2.05) is 10.7 Å². The summed E-state index contributed by atoms with van der Waals surface area (Å²) in [6.45, 7) is 7.36. The van der Waals surface area contributed by atoms with Crippen LogP contribution in [0.2, 0.25) is 0 Å². The van der Waals surface area contributed by atoms with Gasteiger partial charge in [-0.2, -0.15) is 5.10 Å². The van der Waals surface area contributed by atoms with Gasteiger partial charge in [0.25, 0.3) is 0 Å². The van der Waals surface area contributed by atoms with Crippen molar-refractivity contribution in [3.8, 4) is 0 Å². The highest BCUT2D eigenvalue weighted by atomic mass is 16.4. The lowest BCUT2D eigenvalue weighted by Crippen LogP contribution is -2.37.